The summed E-state index contributed by atoms with van der Waals surface area (Å²) in [4.78, 5) is 32.4. The van der Waals surface area contributed by atoms with Gasteiger partial charge in [0.25, 0.3) is 5.91 Å². The summed E-state index contributed by atoms with van der Waals surface area (Å²) in [6.45, 7) is 4.50. The van der Waals surface area contributed by atoms with Crippen molar-refractivity contribution in [2.24, 2.45) is 4.99 Å². The van der Waals surface area contributed by atoms with Crippen molar-refractivity contribution in [1.29, 1.82) is 0 Å². The fraction of sp³-hybridized carbons (Fsp3) is 0.421. The Hall–Kier alpha value is -3.03. The topological polar surface area (TPSA) is 83.5 Å². The van der Waals surface area contributed by atoms with Crippen molar-refractivity contribution in [3.05, 3.63) is 29.8 Å². The summed E-state index contributed by atoms with van der Waals surface area (Å²) in [7, 11) is 3.17. The molecule has 2 heterocycles. The van der Waals surface area contributed by atoms with Crippen molar-refractivity contribution >= 4 is 23.8 Å². The van der Waals surface area contributed by atoms with E-state index in [1.807, 2.05) is 31.2 Å². The molecule has 2 aliphatic rings. The summed E-state index contributed by atoms with van der Waals surface area (Å²) in [5, 5.41) is 3.14. The molecule has 2 aliphatic heterocycles. The number of hydrogen-bond acceptors (Lipinski definition) is 6. The molecule has 0 radical (unpaired) electrons. The summed E-state index contributed by atoms with van der Waals surface area (Å²) in [6, 6.07) is 4.73. The summed E-state index contributed by atoms with van der Waals surface area (Å²) in [5.74, 6) is 1.61. The van der Waals surface area contributed by atoms with Gasteiger partial charge in [-0.15, -0.1) is 0 Å². The summed E-state index contributed by atoms with van der Waals surface area (Å²) in [6.07, 6.45) is 3.15. The lowest BCUT2D eigenvalue weighted by Gasteiger charge is -2.39. The van der Waals surface area contributed by atoms with Crippen molar-refractivity contribution < 1.29 is 19.1 Å². The molecular formula is C19H24N4O4. The number of nitrogens with one attached hydrogen (secondary N) is 1. The first-order valence-corrected chi connectivity index (χ1v) is 8.90. The second-order valence-electron chi connectivity index (χ2n) is 6.15. The predicted octanol–water partition coefficient (Wildman–Crippen LogP) is 1.72. The molecule has 144 valence electrons. The van der Waals surface area contributed by atoms with Gasteiger partial charge in [-0.25, -0.2) is 9.79 Å². The second-order valence-corrected chi connectivity index (χ2v) is 6.15. The summed E-state index contributed by atoms with van der Waals surface area (Å²) in [5.41, 5.74) is 0.900. The van der Waals surface area contributed by atoms with Crippen LogP contribution in [0.25, 0.3) is 6.08 Å². The Morgan fingerprint density at radius 1 is 1.11 bits per heavy atom. The Labute approximate surface area is 158 Å². The molecule has 2 unspecified atom stereocenters. The minimum absolute atomic E-state index is 0.240. The molecule has 8 heteroatoms. The molecule has 1 N–H and O–H groups in total. The number of fused-ring (bicyclic) bond motifs is 1. The molecule has 0 bridgehead atoms. The fourth-order valence-electron chi connectivity index (χ4n) is 3.29. The van der Waals surface area contributed by atoms with Crippen LogP contribution >= 0.6 is 0 Å². The Balaban J connectivity index is 1.81. The van der Waals surface area contributed by atoms with Crippen LogP contribution in [0.2, 0.25) is 0 Å². The quantitative estimate of drug-likeness (QED) is 0.822. The smallest absolute Gasteiger partial charge is 0.328 e. The number of urea groups is 1. The second kappa shape index (κ2) is 7.69. The summed E-state index contributed by atoms with van der Waals surface area (Å²) >= 11 is 0. The van der Waals surface area contributed by atoms with Crippen molar-refractivity contribution in [1.82, 2.24) is 15.1 Å². The number of carbonyl (C=O) groups excluding carboxylic acids is 2. The molecule has 8 nitrogen and oxygen atoms in total. The third-order valence-corrected chi connectivity index (χ3v) is 4.70. The van der Waals surface area contributed by atoms with Gasteiger partial charge < -0.3 is 14.8 Å². The number of carbonyl (C=O) groups is 2. The van der Waals surface area contributed by atoms with Crippen molar-refractivity contribution in [2.45, 2.75) is 26.1 Å². The average molecular weight is 372 g/mol. The molecule has 0 aliphatic carbocycles. The van der Waals surface area contributed by atoms with Crippen LogP contribution in [-0.4, -0.2) is 67.1 Å². The fourth-order valence-corrected chi connectivity index (χ4v) is 3.29. The molecule has 0 aromatic heterocycles. The van der Waals surface area contributed by atoms with Gasteiger partial charge in [-0.05, 0) is 37.6 Å². The molecule has 0 saturated carbocycles. The van der Waals surface area contributed by atoms with Crippen LogP contribution in [0.1, 0.15) is 19.4 Å². The van der Waals surface area contributed by atoms with Crippen LogP contribution in [0.4, 0.5) is 4.79 Å². The lowest BCUT2D eigenvalue weighted by atomic mass is 10.1. The molecule has 1 aromatic rings. The normalized spacial score (nSPS) is 22.0. The monoisotopic (exact) mass is 372 g/mol. The molecule has 3 amide bonds. The van der Waals surface area contributed by atoms with E-state index in [9.17, 15) is 9.59 Å². The molecule has 27 heavy (non-hydrogen) atoms. The SMILES string of the molecule is CCN1C(=O)C2NC(C=Cc3ccc(OC)c(OC)c3)=NC2N(CC)C1=O. The predicted molar refractivity (Wildman–Crippen MR) is 102 cm³/mol. The minimum atomic E-state index is -0.548. The minimum Gasteiger partial charge on any atom is -0.493 e. The van der Waals surface area contributed by atoms with Gasteiger partial charge in [0.15, 0.2) is 17.7 Å². The van der Waals surface area contributed by atoms with Gasteiger partial charge in [-0.3, -0.25) is 14.6 Å². The highest BCUT2D eigenvalue weighted by atomic mass is 16.5. The van der Waals surface area contributed by atoms with E-state index in [2.05, 4.69) is 10.3 Å². The highest BCUT2D eigenvalue weighted by Gasteiger charge is 2.48. The molecule has 3 rings (SSSR count). The van der Waals surface area contributed by atoms with Crippen molar-refractivity contribution in [3.63, 3.8) is 0 Å². The zero-order valence-corrected chi connectivity index (χ0v) is 15.9. The lowest BCUT2D eigenvalue weighted by Crippen LogP contribution is -2.65. The van der Waals surface area contributed by atoms with Crippen LogP contribution in [-0.2, 0) is 4.79 Å². The molecule has 1 fully saturated rings. The van der Waals surface area contributed by atoms with Crippen molar-refractivity contribution in [2.75, 3.05) is 27.3 Å². The van der Waals surface area contributed by atoms with E-state index in [1.54, 1.807) is 32.1 Å². The average Bonchev–Trinajstić information content (AvgIpc) is 3.11. The van der Waals surface area contributed by atoms with Gasteiger partial charge in [0, 0.05) is 13.1 Å². The van der Waals surface area contributed by atoms with E-state index < -0.39 is 12.2 Å². The van der Waals surface area contributed by atoms with E-state index in [-0.39, 0.29) is 11.9 Å². The number of hydrogen-bond donors (Lipinski definition) is 1. The number of benzene rings is 1. The standard InChI is InChI=1S/C19H24N4O4/c1-5-22-17-16(18(24)23(6-2)19(22)25)20-15(21-17)10-8-12-7-9-13(26-3)14(11-12)27-4/h7-11,16-17H,5-6H2,1-4H3,(H,20,21). The zero-order valence-electron chi connectivity index (χ0n) is 15.9. The number of nitrogens with zero attached hydrogens (tertiary/aromatic N) is 3. The van der Waals surface area contributed by atoms with Crippen LogP contribution in [0.5, 0.6) is 11.5 Å². The van der Waals surface area contributed by atoms with Gasteiger partial charge in [-0.2, -0.15) is 0 Å². The van der Waals surface area contributed by atoms with Crippen LogP contribution in [0.3, 0.4) is 0 Å². The summed E-state index contributed by atoms with van der Waals surface area (Å²) < 4.78 is 10.5. The van der Waals surface area contributed by atoms with E-state index in [0.717, 1.165) is 5.56 Å². The number of aliphatic imine (C=N–C) groups is 1. The number of ether oxygens (including phenoxy) is 2. The molecule has 1 saturated heterocycles. The maximum Gasteiger partial charge on any atom is 0.328 e. The first-order valence-electron chi connectivity index (χ1n) is 8.90. The molecule has 2 atom stereocenters. The van der Waals surface area contributed by atoms with Gasteiger partial charge in [0.05, 0.1) is 14.2 Å². The highest BCUT2D eigenvalue weighted by Crippen LogP contribution is 2.28. The largest absolute Gasteiger partial charge is 0.493 e. The Bertz CT molecular complexity index is 805. The van der Waals surface area contributed by atoms with Crippen LogP contribution in [0.15, 0.2) is 29.3 Å². The van der Waals surface area contributed by atoms with Gasteiger partial charge in [0.2, 0.25) is 0 Å². The lowest BCUT2D eigenvalue weighted by molar-refractivity contribution is -0.134. The maximum absolute atomic E-state index is 12.6. The number of rotatable bonds is 6. The number of imide groups is 1. The highest BCUT2D eigenvalue weighted by molar-refractivity contribution is 6.07. The first-order chi connectivity index (χ1) is 13.0. The van der Waals surface area contributed by atoms with E-state index in [0.29, 0.717) is 30.4 Å². The molecular weight excluding hydrogens is 348 g/mol. The third kappa shape index (κ3) is 3.34. The molecule has 0 spiro atoms. The van der Waals surface area contributed by atoms with Gasteiger partial charge in [-0.1, -0.05) is 12.1 Å². The van der Waals surface area contributed by atoms with Crippen LogP contribution in [0, 0.1) is 0 Å². The maximum atomic E-state index is 12.6. The zero-order chi connectivity index (χ0) is 19.6. The Kier molecular flexibility index (Phi) is 5.34. The van der Waals surface area contributed by atoms with Crippen LogP contribution < -0.4 is 14.8 Å². The van der Waals surface area contributed by atoms with Crippen molar-refractivity contribution in [3.8, 4) is 11.5 Å². The number of likely N-dealkylation sites (N-methyl/N-ethyl adjacent to an activating group) is 2. The number of methoxy groups -OCH3 is 2. The number of amides is 3. The Morgan fingerprint density at radius 3 is 2.48 bits per heavy atom. The van der Waals surface area contributed by atoms with Gasteiger partial charge in [0.1, 0.15) is 11.9 Å². The van der Waals surface area contributed by atoms with Gasteiger partial charge >= 0.3 is 6.03 Å². The Morgan fingerprint density at radius 2 is 1.85 bits per heavy atom. The van der Waals surface area contributed by atoms with E-state index in [4.69, 9.17) is 9.47 Å². The van der Waals surface area contributed by atoms with E-state index >= 15 is 0 Å². The third-order valence-electron chi connectivity index (χ3n) is 4.70. The first kappa shape index (κ1) is 18.8. The van der Waals surface area contributed by atoms with E-state index in [1.165, 1.54) is 4.90 Å². The number of amidine groups is 1. The molecule has 1 aromatic carbocycles.